The van der Waals surface area contributed by atoms with Gasteiger partial charge in [0, 0.05) is 45.2 Å². The molecule has 2 aromatic rings. The predicted octanol–water partition coefficient (Wildman–Crippen LogP) is 5.25. The Hall–Kier alpha value is -2.78. The van der Waals surface area contributed by atoms with Gasteiger partial charge in [-0.1, -0.05) is 59.6 Å². The van der Waals surface area contributed by atoms with Gasteiger partial charge in [0.25, 0.3) is 0 Å². The summed E-state index contributed by atoms with van der Waals surface area (Å²) in [4.78, 5) is 39.7. The van der Waals surface area contributed by atoms with Crippen molar-refractivity contribution in [1.29, 1.82) is 0 Å². The van der Waals surface area contributed by atoms with Crippen molar-refractivity contribution in [3.05, 3.63) is 92.5 Å². The van der Waals surface area contributed by atoms with E-state index in [-0.39, 0.29) is 17.3 Å². The van der Waals surface area contributed by atoms with Gasteiger partial charge in [0.2, 0.25) is 0 Å². The first-order valence-electron chi connectivity index (χ1n) is 9.49. The molecule has 1 atom stereocenters. The van der Waals surface area contributed by atoms with E-state index < -0.39 is 5.92 Å². The van der Waals surface area contributed by atoms with E-state index in [9.17, 15) is 14.4 Å². The number of benzene rings is 2. The standard InChI is InChI=1S/C24H17ClO3/c25-18-10-4-3-9-16(18)21-20-13(6-5-11-19(20)26)12-17-22(21)24(28)15-8-2-1-7-14(15)23(17)27/h1-4,7-10,21H,5-6,11-12H2. The second kappa shape index (κ2) is 6.39. The number of Topliss-reactive ketones (excluding diaryl/α,β-unsaturated/α-hetero) is 3. The number of hydrogen-bond donors (Lipinski definition) is 0. The molecule has 0 aliphatic heterocycles. The second-order valence-electron chi connectivity index (χ2n) is 7.52. The average molecular weight is 389 g/mol. The van der Waals surface area contributed by atoms with Crippen LogP contribution in [0.15, 0.2) is 70.8 Å². The zero-order valence-electron chi connectivity index (χ0n) is 15.1. The Labute approximate surface area is 167 Å². The Morgan fingerprint density at radius 3 is 2.21 bits per heavy atom. The van der Waals surface area contributed by atoms with E-state index in [1.54, 1.807) is 30.3 Å². The summed E-state index contributed by atoms with van der Waals surface area (Å²) in [5.41, 5.74) is 4.22. The summed E-state index contributed by atoms with van der Waals surface area (Å²) in [5.74, 6) is -0.770. The topological polar surface area (TPSA) is 51.2 Å². The molecule has 1 unspecified atom stereocenters. The molecule has 5 rings (SSSR count). The minimum Gasteiger partial charge on any atom is -0.295 e. The quantitative estimate of drug-likeness (QED) is 0.670. The van der Waals surface area contributed by atoms with Crippen molar-refractivity contribution in [2.45, 2.75) is 31.6 Å². The highest BCUT2D eigenvalue weighted by molar-refractivity contribution is 6.32. The normalized spacial score (nSPS) is 21.5. The van der Waals surface area contributed by atoms with Crippen LogP contribution >= 0.6 is 11.6 Å². The zero-order valence-corrected chi connectivity index (χ0v) is 15.9. The number of hydrogen-bond acceptors (Lipinski definition) is 3. The minimum atomic E-state index is -0.565. The van der Waals surface area contributed by atoms with Crippen molar-refractivity contribution in [2.24, 2.45) is 0 Å². The summed E-state index contributed by atoms with van der Waals surface area (Å²) in [7, 11) is 0. The van der Waals surface area contributed by atoms with Crippen molar-refractivity contribution in [3.8, 4) is 0 Å². The van der Waals surface area contributed by atoms with Crippen LogP contribution < -0.4 is 0 Å². The van der Waals surface area contributed by atoms with Crippen LogP contribution in [0.5, 0.6) is 0 Å². The fourth-order valence-corrected chi connectivity index (χ4v) is 5.03. The first-order valence-corrected chi connectivity index (χ1v) is 9.86. The van der Waals surface area contributed by atoms with Gasteiger partial charge in [0.05, 0.1) is 0 Å². The molecule has 0 spiro atoms. The number of fused-ring (bicyclic) bond motifs is 1. The van der Waals surface area contributed by atoms with Crippen LogP contribution in [-0.4, -0.2) is 17.3 Å². The zero-order chi connectivity index (χ0) is 19.4. The highest BCUT2D eigenvalue weighted by atomic mass is 35.5. The Balaban J connectivity index is 1.80. The molecular weight excluding hydrogens is 372 g/mol. The lowest BCUT2D eigenvalue weighted by Crippen LogP contribution is -2.33. The van der Waals surface area contributed by atoms with Gasteiger partial charge in [-0.25, -0.2) is 0 Å². The predicted molar refractivity (Wildman–Crippen MR) is 107 cm³/mol. The van der Waals surface area contributed by atoms with Gasteiger partial charge in [0.1, 0.15) is 0 Å². The van der Waals surface area contributed by atoms with Gasteiger partial charge < -0.3 is 0 Å². The Kier molecular flexibility index (Phi) is 3.95. The molecule has 2 aromatic carbocycles. The lowest BCUT2D eigenvalue weighted by atomic mass is 9.65. The molecule has 0 saturated carbocycles. The first-order chi connectivity index (χ1) is 13.6. The molecule has 0 fully saturated rings. The van der Waals surface area contributed by atoms with E-state index >= 15 is 0 Å². The number of allylic oxidation sites excluding steroid dienone is 4. The molecule has 0 heterocycles. The lowest BCUT2D eigenvalue weighted by molar-refractivity contribution is -0.116. The minimum absolute atomic E-state index is 0.0665. The number of ketones is 3. The number of carbonyl (C=O) groups excluding carboxylic acids is 3. The fraction of sp³-hybridized carbons (Fsp3) is 0.208. The van der Waals surface area contributed by atoms with Crippen LogP contribution in [-0.2, 0) is 4.79 Å². The van der Waals surface area contributed by atoms with Crippen LogP contribution in [0.3, 0.4) is 0 Å². The van der Waals surface area contributed by atoms with E-state index in [1.807, 2.05) is 18.2 Å². The van der Waals surface area contributed by atoms with Crippen molar-refractivity contribution in [3.63, 3.8) is 0 Å². The van der Waals surface area contributed by atoms with Crippen LogP contribution in [0, 0.1) is 0 Å². The molecule has 0 N–H and O–H groups in total. The maximum atomic E-state index is 13.5. The molecule has 3 aliphatic carbocycles. The summed E-state index contributed by atoms with van der Waals surface area (Å²) in [5, 5.41) is 0.505. The molecule has 28 heavy (non-hydrogen) atoms. The van der Waals surface area contributed by atoms with Crippen LogP contribution in [0.1, 0.15) is 57.9 Å². The summed E-state index contributed by atoms with van der Waals surface area (Å²) in [6.07, 6.45) is 2.42. The fourth-order valence-electron chi connectivity index (χ4n) is 4.78. The summed E-state index contributed by atoms with van der Waals surface area (Å²) in [6.45, 7) is 0. The van der Waals surface area contributed by atoms with Crippen molar-refractivity contribution >= 4 is 29.0 Å². The number of halogens is 1. The number of carbonyl (C=O) groups is 3. The third-order valence-corrected chi connectivity index (χ3v) is 6.35. The van der Waals surface area contributed by atoms with Crippen molar-refractivity contribution < 1.29 is 14.4 Å². The van der Waals surface area contributed by atoms with Gasteiger partial charge >= 0.3 is 0 Å². The van der Waals surface area contributed by atoms with Crippen LogP contribution in [0.2, 0.25) is 5.02 Å². The van der Waals surface area contributed by atoms with E-state index in [2.05, 4.69) is 0 Å². The van der Waals surface area contributed by atoms with E-state index in [0.717, 1.165) is 24.0 Å². The Bertz CT molecular complexity index is 1140. The molecular formula is C24H17ClO3. The molecule has 3 aliphatic rings. The van der Waals surface area contributed by atoms with Gasteiger partial charge in [0.15, 0.2) is 17.3 Å². The maximum Gasteiger partial charge on any atom is 0.191 e. The third-order valence-electron chi connectivity index (χ3n) is 6.01. The smallest absolute Gasteiger partial charge is 0.191 e. The lowest BCUT2D eigenvalue weighted by Gasteiger charge is -2.36. The molecule has 0 aromatic heterocycles. The van der Waals surface area contributed by atoms with Gasteiger partial charge in [-0.2, -0.15) is 0 Å². The molecule has 0 saturated heterocycles. The van der Waals surface area contributed by atoms with Crippen molar-refractivity contribution in [1.82, 2.24) is 0 Å². The summed E-state index contributed by atoms with van der Waals surface area (Å²) >= 11 is 6.50. The molecule has 0 radical (unpaired) electrons. The third kappa shape index (κ3) is 2.39. The summed E-state index contributed by atoms with van der Waals surface area (Å²) < 4.78 is 0. The first kappa shape index (κ1) is 17.3. The molecule has 3 nitrogen and oxygen atoms in total. The summed E-state index contributed by atoms with van der Waals surface area (Å²) in [6, 6.07) is 14.2. The van der Waals surface area contributed by atoms with Gasteiger partial charge in [-0.3, -0.25) is 14.4 Å². The largest absolute Gasteiger partial charge is 0.295 e. The molecule has 138 valence electrons. The van der Waals surface area contributed by atoms with Gasteiger partial charge in [-0.05, 0) is 30.9 Å². The Morgan fingerprint density at radius 1 is 0.786 bits per heavy atom. The molecule has 4 heteroatoms. The highest BCUT2D eigenvalue weighted by Gasteiger charge is 2.44. The number of rotatable bonds is 1. The molecule has 0 amide bonds. The van der Waals surface area contributed by atoms with E-state index in [4.69, 9.17) is 11.6 Å². The highest BCUT2D eigenvalue weighted by Crippen LogP contribution is 2.50. The monoisotopic (exact) mass is 388 g/mol. The van der Waals surface area contributed by atoms with Crippen molar-refractivity contribution in [2.75, 3.05) is 0 Å². The van der Waals surface area contributed by atoms with E-state index in [0.29, 0.717) is 45.7 Å². The SMILES string of the molecule is O=C1CCCC2=C1C(c1ccccc1Cl)C1=C(C2)C(=O)c2ccccc2C1=O. The Morgan fingerprint density at radius 2 is 1.46 bits per heavy atom. The second-order valence-corrected chi connectivity index (χ2v) is 7.93. The van der Waals surface area contributed by atoms with E-state index in [1.165, 1.54) is 0 Å². The van der Waals surface area contributed by atoms with Gasteiger partial charge in [-0.15, -0.1) is 0 Å². The van der Waals surface area contributed by atoms with Crippen LogP contribution in [0.25, 0.3) is 0 Å². The maximum absolute atomic E-state index is 13.5. The molecule has 0 bridgehead atoms. The van der Waals surface area contributed by atoms with Crippen LogP contribution in [0.4, 0.5) is 0 Å². The average Bonchev–Trinajstić information content (AvgIpc) is 2.71.